The lowest BCUT2D eigenvalue weighted by Gasteiger charge is -2.28. The maximum atomic E-state index is 9.80. The second-order valence-corrected chi connectivity index (χ2v) is 7.23. The van der Waals surface area contributed by atoms with Gasteiger partial charge in [-0.2, -0.15) is 0 Å². The highest BCUT2D eigenvalue weighted by Gasteiger charge is 2.19. The smallest absolute Gasteiger partial charge is 0.0773 e. The van der Waals surface area contributed by atoms with E-state index in [0.29, 0.717) is 18.8 Å². The molecule has 2 atom stereocenters. The number of hydrogen-bond donors (Lipinski definition) is 1. The first-order chi connectivity index (χ1) is 10.8. The minimum atomic E-state index is -0.259. The molecule has 3 nitrogen and oxygen atoms in total. The van der Waals surface area contributed by atoms with Crippen molar-refractivity contribution < 1.29 is 14.6 Å². The second kappa shape index (κ2) is 11.4. The summed E-state index contributed by atoms with van der Waals surface area (Å²) in [7, 11) is 0. The van der Waals surface area contributed by atoms with Crippen molar-refractivity contribution in [2.75, 3.05) is 13.2 Å². The quantitative estimate of drug-likeness (QED) is 0.809. The van der Waals surface area contributed by atoms with Crippen molar-refractivity contribution in [2.45, 2.75) is 108 Å². The van der Waals surface area contributed by atoms with Crippen LogP contribution in [0.5, 0.6) is 0 Å². The van der Waals surface area contributed by atoms with Crippen molar-refractivity contribution in [1.82, 2.24) is 0 Å². The summed E-state index contributed by atoms with van der Waals surface area (Å²) >= 11 is 0. The maximum absolute atomic E-state index is 9.80. The van der Waals surface area contributed by atoms with E-state index >= 15 is 0 Å². The molecule has 130 valence electrons. The van der Waals surface area contributed by atoms with Crippen LogP contribution in [0.15, 0.2) is 0 Å². The molecule has 1 aliphatic carbocycles. The van der Waals surface area contributed by atoms with Crippen molar-refractivity contribution >= 4 is 0 Å². The molecule has 0 bridgehead atoms. The molecule has 1 aliphatic heterocycles. The molecule has 1 saturated heterocycles. The van der Waals surface area contributed by atoms with E-state index in [1.807, 2.05) is 0 Å². The topological polar surface area (TPSA) is 38.7 Å². The van der Waals surface area contributed by atoms with Crippen LogP contribution in [0.1, 0.15) is 89.9 Å². The molecular weight excluding hydrogens is 276 g/mol. The Bertz CT molecular complexity index is 247. The van der Waals surface area contributed by atoms with Crippen LogP contribution in [-0.4, -0.2) is 36.6 Å². The van der Waals surface area contributed by atoms with E-state index in [1.54, 1.807) is 0 Å². The molecule has 1 saturated carbocycles. The fourth-order valence-electron chi connectivity index (χ4n) is 3.74. The average molecular weight is 312 g/mol. The van der Waals surface area contributed by atoms with Crippen LogP contribution < -0.4 is 0 Å². The SMILES string of the molecule is OC1CCCCCCC(OC2CCCCC2)CCCCOC1. The zero-order valence-corrected chi connectivity index (χ0v) is 14.3. The van der Waals surface area contributed by atoms with E-state index in [2.05, 4.69) is 0 Å². The number of aliphatic hydroxyl groups excluding tert-OH is 1. The van der Waals surface area contributed by atoms with Gasteiger partial charge in [-0.3, -0.25) is 0 Å². The summed E-state index contributed by atoms with van der Waals surface area (Å²) in [5.41, 5.74) is 0. The molecule has 2 rings (SSSR count). The Kier molecular flexibility index (Phi) is 9.46. The van der Waals surface area contributed by atoms with Crippen molar-refractivity contribution in [3.8, 4) is 0 Å². The van der Waals surface area contributed by atoms with Gasteiger partial charge < -0.3 is 14.6 Å². The zero-order chi connectivity index (χ0) is 15.5. The molecule has 1 heterocycles. The first kappa shape index (κ1) is 18.2. The van der Waals surface area contributed by atoms with Gasteiger partial charge in [0, 0.05) is 6.61 Å². The summed E-state index contributed by atoms with van der Waals surface area (Å²) in [4.78, 5) is 0. The third kappa shape index (κ3) is 7.94. The molecule has 0 aromatic carbocycles. The molecule has 0 aromatic heterocycles. The van der Waals surface area contributed by atoms with Crippen LogP contribution in [0, 0.1) is 0 Å². The molecule has 3 heteroatoms. The van der Waals surface area contributed by atoms with Gasteiger partial charge in [0.25, 0.3) is 0 Å². The molecule has 22 heavy (non-hydrogen) atoms. The van der Waals surface area contributed by atoms with E-state index in [1.165, 1.54) is 70.6 Å². The van der Waals surface area contributed by atoms with Gasteiger partial charge in [0.2, 0.25) is 0 Å². The van der Waals surface area contributed by atoms with Gasteiger partial charge in [-0.1, -0.05) is 44.9 Å². The summed E-state index contributed by atoms with van der Waals surface area (Å²) in [6.45, 7) is 1.30. The van der Waals surface area contributed by atoms with Gasteiger partial charge in [0.15, 0.2) is 0 Å². The van der Waals surface area contributed by atoms with Crippen LogP contribution in [0.4, 0.5) is 0 Å². The predicted octanol–water partition coefficient (Wildman–Crippen LogP) is 4.61. The fourth-order valence-corrected chi connectivity index (χ4v) is 3.74. The lowest BCUT2D eigenvalue weighted by atomic mass is 9.96. The number of ether oxygens (including phenoxy) is 2. The lowest BCUT2D eigenvalue weighted by molar-refractivity contribution is -0.0402. The Morgan fingerprint density at radius 2 is 1.14 bits per heavy atom. The number of hydrogen-bond acceptors (Lipinski definition) is 3. The third-order valence-corrected chi connectivity index (χ3v) is 5.13. The molecule has 0 aromatic rings. The highest BCUT2D eigenvalue weighted by Crippen LogP contribution is 2.25. The largest absolute Gasteiger partial charge is 0.391 e. The standard InChI is InChI=1S/C19H36O3/c20-17-10-4-1-2-5-11-19(14-8-9-15-21-16-17)22-18-12-6-3-7-13-18/h17-20H,1-16H2. The van der Waals surface area contributed by atoms with E-state index in [4.69, 9.17) is 9.47 Å². The number of rotatable bonds is 2. The Labute approximate surface area is 136 Å². The van der Waals surface area contributed by atoms with Gasteiger partial charge in [-0.15, -0.1) is 0 Å². The van der Waals surface area contributed by atoms with Crippen LogP contribution in [-0.2, 0) is 9.47 Å². The monoisotopic (exact) mass is 312 g/mol. The molecule has 2 fully saturated rings. The van der Waals surface area contributed by atoms with Crippen molar-refractivity contribution in [2.24, 2.45) is 0 Å². The van der Waals surface area contributed by atoms with Crippen LogP contribution in [0.2, 0.25) is 0 Å². The highest BCUT2D eigenvalue weighted by molar-refractivity contribution is 4.69. The molecule has 1 N–H and O–H groups in total. The average Bonchev–Trinajstić information content (AvgIpc) is 2.54. The first-order valence-electron chi connectivity index (χ1n) is 9.76. The molecule has 2 aliphatic rings. The van der Waals surface area contributed by atoms with Gasteiger partial charge in [-0.25, -0.2) is 0 Å². The fraction of sp³-hybridized carbons (Fsp3) is 1.00. The van der Waals surface area contributed by atoms with E-state index in [0.717, 1.165) is 25.9 Å². The zero-order valence-electron chi connectivity index (χ0n) is 14.3. The number of aliphatic hydroxyl groups is 1. The molecule has 0 radical (unpaired) electrons. The van der Waals surface area contributed by atoms with E-state index in [9.17, 15) is 5.11 Å². The molecule has 2 unspecified atom stereocenters. The summed E-state index contributed by atoms with van der Waals surface area (Å²) < 4.78 is 12.0. The van der Waals surface area contributed by atoms with E-state index in [-0.39, 0.29) is 6.10 Å². The Balaban J connectivity index is 1.71. The molecule has 0 amide bonds. The van der Waals surface area contributed by atoms with Crippen molar-refractivity contribution in [3.05, 3.63) is 0 Å². The summed E-state index contributed by atoms with van der Waals surface area (Å²) in [6, 6.07) is 0. The van der Waals surface area contributed by atoms with Gasteiger partial charge in [0.1, 0.15) is 0 Å². The second-order valence-electron chi connectivity index (χ2n) is 7.23. The third-order valence-electron chi connectivity index (χ3n) is 5.13. The van der Waals surface area contributed by atoms with Crippen molar-refractivity contribution in [1.29, 1.82) is 0 Å². The molecule has 0 spiro atoms. The van der Waals surface area contributed by atoms with Crippen LogP contribution in [0.25, 0.3) is 0 Å². The normalized spacial score (nSPS) is 31.5. The van der Waals surface area contributed by atoms with Crippen LogP contribution >= 0.6 is 0 Å². The highest BCUT2D eigenvalue weighted by atomic mass is 16.5. The predicted molar refractivity (Wildman–Crippen MR) is 90.1 cm³/mol. The minimum absolute atomic E-state index is 0.259. The Morgan fingerprint density at radius 1 is 0.636 bits per heavy atom. The summed E-state index contributed by atoms with van der Waals surface area (Å²) in [5, 5.41) is 9.80. The summed E-state index contributed by atoms with van der Waals surface area (Å²) in [6.07, 6.45) is 17.9. The van der Waals surface area contributed by atoms with Gasteiger partial charge >= 0.3 is 0 Å². The maximum Gasteiger partial charge on any atom is 0.0773 e. The van der Waals surface area contributed by atoms with Crippen LogP contribution in [0.3, 0.4) is 0 Å². The van der Waals surface area contributed by atoms with E-state index < -0.39 is 0 Å². The Hall–Kier alpha value is -0.120. The lowest BCUT2D eigenvalue weighted by Crippen LogP contribution is -2.24. The Morgan fingerprint density at radius 3 is 1.77 bits per heavy atom. The van der Waals surface area contributed by atoms with Crippen molar-refractivity contribution in [3.63, 3.8) is 0 Å². The minimum Gasteiger partial charge on any atom is -0.391 e. The summed E-state index contributed by atoms with van der Waals surface area (Å²) in [5.74, 6) is 0. The van der Waals surface area contributed by atoms with Gasteiger partial charge in [-0.05, 0) is 44.9 Å². The first-order valence-corrected chi connectivity index (χ1v) is 9.76. The van der Waals surface area contributed by atoms with Gasteiger partial charge in [0.05, 0.1) is 24.9 Å². The molecular formula is C19H36O3.